The summed E-state index contributed by atoms with van der Waals surface area (Å²) in [6.07, 6.45) is 0. The fourth-order valence-electron chi connectivity index (χ4n) is 12.0. The predicted octanol–water partition coefficient (Wildman–Crippen LogP) is 18.9. The lowest BCUT2D eigenvalue weighted by Crippen LogP contribution is -2.09. The molecule has 78 heavy (non-hydrogen) atoms. The van der Waals surface area contributed by atoms with Gasteiger partial charge in [-0.3, -0.25) is 4.57 Å². The van der Waals surface area contributed by atoms with Gasteiger partial charge < -0.3 is 4.90 Å². The van der Waals surface area contributed by atoms with Gasteiger partial charge in [0.2, 0.25) is 5.95 Å². The van der Waals surface area contributed by atoms with Crippen molar-refractivity contribution in [1.29, 1.82) is 0 Å². The van der Waals surface area contributed by atoms with Gasteiger partial charge in [-0.05, 0) is 121 Å². The lowest BCUT2D eigenvalue weighted by atomic mass is 9.91. The Hall–Kier alpha value is -10.6. The predicted molar refractivity (Wildman–Crippen MR) is 325 cm³/mol. The number of hydrogen-bond donors (Lipinski definition) is 0. The Bertz CT molecular complexity index is 4970. The van der Waals surface area contributed by atoms with Crippen LogP contribution in [0.5, 0.6) is 0 Å². The Morgan fingerprint density at radius 3 is 1.38 bits per heavy atom. The molecule has 0 amide bonds. The molecule has 0 atom stereocenters. The average molecular weight is 993 g/mol. The second-order valence-electron chi connectivity index (χ2n) is 20.2. The molecule has 0 aliphatic heterocycles. The van der Waals surface area contributed by atoms with Gasteiger partial charge in [-0.25, -0.2) is 19.9 Å². The average Bonchev–Trinajstić information content (AvgIpc) is 4.04. The van der Waals surface area contributed by atoms with Crippen LogP contribution in [0.1, 0.15) is 0 Å². The summed E-state index contributed by atoms with van der Waals surface area (Å²) in [5.41, 5.74) is 14.2. The number of hydrogen-bond acceptors (Lipinski definition) is 5. The van der Waals surface area contributed by atoms with Crippen molar-refractivity contribution in [2.24, 2.45) is 0 Å². The molecule has 0 aliphatic carbocycles. The van der Waals surface area contributed by atoms with Crippen LogP contribution in [0, 0.1) is 0 Å². The molecule has 0 radical (unpaired) electrons. The van der Waals surface area contributed by atoms with E-state index in [1.54, 1.807) is 0 Å². The van der Waals surface area contributed by atoms with Crippen molar-refractivity contribution in [3.63, 3.8) is 0 Å². The summed E-state index contributed by atoms with van der Waals surface area (Å²) in [6.45, 7) is 0. The second kappa shape index (κ2) is 17.5. The number of rotatable bonds is 7. The zero-order valence-electron chi connectivity index (χ0n) is 42.1. The maximum Gasteiger partial charge on any atom is 0.235 e. The van der Waals surface area contributed by atoms with Crippen LogP contribution in [0.3, 0.4) is 0 Å². The van der Waals surface area contributed by atoms with Gasteiger partial charge >= 0.3 is 0 Å². The van der Waals surface area contributed by atoms with E-state index < -0.39 is 0 Å². The van der Waals surface area contributed by atoms with E-state index in [0.717, 1.165) is 132 Å². The number of nitrogens with zero attached hydrogens (tertiary/aromatic N) is 6. The van der Waals surface area contributed by atoms with Crippen LogP contribution in [0.4, 0.5) is 17.1 Å². The van der Waals surface area contributed by atoms with Crippen molar-refractivity contribution in [3.05, 3.63) is 267 Å². The van der Waals surface area contributed by atoms with Crippen LogP contribution in [0.15, 0.2) is 267 Å². The van der Waals surface area contributed by atoms with Gasteiger partial charge in [0.15, 0.2) is 0 Å². The van der Waals surface area contributed by atoms with E-state index in [2.05, 4.69) is 276 Å². The molecule has 0 N–H and O–H groups in total. The first-order valence-corrected chi connectivity index (χ1v) is 26.5. The highest BCUT2D eigenvalue weighted by Crippen LogP contribution is 2.45. The third-order valence-electron chi connectivity index (χ3n) is 15.7. The Labute approximate surface area is 448 Å². The first-order valence-electron chi connectivity index (χ1n) is 26.5. The zero-order valence-corrected chi connectivity index (χ0v) is 42.1. The van der Waals surface area contributed by atoms with E-state index in [-0.39, 0.29) is 0 Å². The first kappa shape index (κ1) is 43.8. The van der Waals surface area contributed by atoms with Crippen molar-refractivity contribution in [2.45, 2.75) is 0 Å². The molecule has 16 rings (SSSR count). The van der Waals surface area contributed by atoms with Crippen LogP contribution < -0.4 is 4.90 Å². The van der Waals surface area contributed by atoms with Gasteiger partial charge in [-0.1, -0.05) is 194 Å². The second-order valence-corrected chi connectivity index (χ2v) is 20.2. The fourth-order valence-corrected chi connectivity index (χ4v) is 12.0. The fraction of sp³-hybridized carbons (Fsp3) is 0. The molecule has 3 aromatic heterocycles. The third kappa shape index (κ3) is 6.97. The topological polar surface area (TPSA) is 59.7 Å². The third-order valence-corrected chi connectivity index (χ3v) is 15.7. The SMILES string of the molecule is c1ccc(N(c2ccccc2)c2ccc3c(c2)c2ccccc2c2nc4ccc5c(c6ccccc6n5-c5nc(-c6ccc7ccccc7c6)c(-c6ccc7ccccc7c6)c(-c6ccc7ccccc7c6)n5)c4nc32)cc1. The molecule has 6 nitrogen and oxygen atoms in total. The molecule has 0 aliphatic rings. The summed E-state index contributed by atoms with van der Waals surface area (Å²) in [5, 5.41) is 13.3. The minimum absolute atomic E-state index is 0.565. The molecule has 6 heteroatoms. The summed E-state index contributed by atoms with van der Waals surface area (Å²) in [6, 6.07) is 95.1. The van der Waals surface area contributed by atoms with E-state index in [1.165, 1.54) is 16.2 Å². The van der Waals surface area contributed by atoms with E-state index in [1.807, 2.05) is 0 Å². The molecule has 16 aromatic rings. The molecular weight excluding hydrogens is 949 g/mol. The molecule has 0 fully saturated rings. The number of aromatic nitrogens is 5. The Balaban J connectivity index is 0.979. The Morgan fingerprint density at radius 1 is 0.282 bits per heavy atom. The van der Waals surface area contributed by atoms with Crippen molar-refractivity contribution < 1.29 is 0 Å². The van der Waals surface area contributed by atoms with E-state index in [0.29, 0.717) is 5.95 Å². The number of fused-ring (bicyclic) bond motifs is 14. The van der Waals surface area contributed by atoms with Gasteiger partial charge in [0.05, 0.1) is 44.5 Å². The van der Waals surface area contributed by atoms with Crippen molar-refractivity contribution >= 4 is 115 Å². The Kier molecular flexibility index (Phi) is 9.84. The summed E-state index contributed by atoms with van der Waals surface area (Å²) >= 11 is 0. The lowest BCUT2D eigenvalue weighted by molar-refractivity contribution is 0.997. The smallest absolute Gasteiger partial charge is 0.235 e. The zero-order chi connectivity index (χ0) is 51.3. The van der Waals surface area contributed by atoms with Crippen molar-refractivity contribution in [1.82, 2.24) is 24.5 Å². The summed E-state index contributed by atoms with van der Waals surface area (Å²) in [5.74, 6) is 0.565. The van der Waals surface area contributed by atoms with Crippen LogP contribution in [-0.2, 0) is 0 Å². The Morgan fingerprint density at radius 2 is 0.769 bits per heavy atom. The summed E-state index contributed by atoms with van der Waals surface area (Å²) < 4.78 is 2.24. The molecule has 0 spiro atoms. The van der Waals surface area contributed by atoms with Gasteiger partial charge in [0.25, 0.3) is 0 Å². The highest BCUT2D eigenvalue weighted by molar-refractivity contribution is 6.27. The molecule has 0 saturated heterocycles. The van der Waals surface area contributed by atoms with Crippen molar-refractivity contribution in [2.75, 3.05) is 4.90 Å². The molecule has 3 heterocycles. The molecule has 0 saturated carbocycles. The minimum atomic E-state index is 0.565. The van der Waals surface area contributed by atoms with Crippen molar-refractivity contribution in [3.8, 4) is 39.6 Å². The lowest BCUT2D eigenvalue weighted by Gasteiger charge is -2.26. The molecule has 0 unspecified atom stereocenters. The standard InChI is InChI=1S/C72H44N6/c1-3-23-54(24-4-1)77(55-25-5-2-6-26-55)56-37-38-59-61(44-56)57-27-13-14-28-58(57)69-70(59)74-71-62(73-69)39-40-64-66(71)60-29-15-16-30-63(60)78(64)72-75-67(52-35-32-46-18-8-11-21-49(46)42-52)65(51-34-31-45-17-7-10-20-48(45)41-51)68(76-72)53-36-33-47-19-9-12-22-50(47)43-53/h1-44H. The van der Waals surface area contributed by atoms with Gasteiger partial charge in [0.1, 0.15) is 0 Å². The first-order chi connectivity index (χ1) is 38.7. The normalized spacial score (nSPS) is 11.8. The number of benzene rings is 13. The molecule has 0 bridgehead atoms. The van der Waals surface area contributed by atoms with Crippen LogP contribution in [-0.4, -0.2) is 24.5 Å². The van der Waals surface area contributed by atoms with Crippen LogP contribution in [0.2, 0.25) is 0 Å². The quantitative estimate of drug-likeness (QED) is 0.118. The van der Waals surface area contributed by atoms with Crippen LogP contribution >= 0.6 is 0 Å². The molecule has 362 valence electrons. The monoisotopic (exact) mass is 992 g/mol. The minimum Gasteiger partial charge on any atom is -0.310 e. The maximum atomic E-state index is 5.78. The van der Waals surface area contributed by atoms with Gasteiger partial charge in [0, 0.05) is 55.3 Å². The largest absolute Gasteiger partial charge is 0.310 e. The molecular formula is C72H44N6. The number of anilines is 3. The highest BCUT2D eigenvalue weighted by atomic mass is 15.2. The number of para-hydroxylation sites is 3. The van der Waals surface area contributed by atoms with Crippen LogP contribution in [0.25, 0.3) is 137 Å². The summed E-state index contributed by atoms with van der Waals surface area (Å²) in [4.78, 5) is 25.2. The van der Waals surface area contributed by atoms with E-state index in [4.69, 9.17) is 19.9 Å². The molecule has 13 aromatic carbocycles. The summed E-state index contributed by atoms with van der Waals surface area (Å²) in [7, 11) is 0. The van der Waals surface area contributed by atoms with E-state index >= 15 is 0 Å². The van der Waals surface area contributed by atoms with E-state index in [9.17, 15) is 0 Å². The highest BCUT2D eigenvalue weighted by Gasteiger charge is 2.25. The van der Waals surface area contributed by atoms with Gasteiger partial charge in [-0.15, -0.1) is 0 Å². The maximum absolute atomic E-state index is 5.78. The van der Waals surface area contributed by atoms with Gasteiger partial charge in [-0.2, -0.15) is 0 Å².